The molecule has 0 bridgehead atoms. The summed E-state index contributed by atoms with van der Waals surface area (Å²) < 4.78 is 2.11. The number of hydrogen-bond acceptors (Lipinski definition) is 8. The van der Waals surface area contributed by atoms with E-state index in [1.165, 1.54) is 19.2 Å². The molecule has 0 spiro atoms. The first-order valence-corrected chi connectivity index (χ1v) is 14.5. The molecule has 2 aliphatic rings. The fraction of sp³-hybridized carbons (Fsp3) is 0.312. The number of amides is 2. The summed E-state index contributed by atoms with van der Waals surface area (Å²) in [5, 5.41) is 3.60. The summed E-state index contributed by atoms with van der Waals surface area (Å²) in [5.74, 6) is 0.603. The van der Waals surface area contributed by atoms with Crippen LogP contribution in [0.2, 0.25) is 0 Å². The van der Waals surface area contributed by atoms with Gasteiger partial charge in [0.05, 0.1) is 11.4 Å². The molecule has 1 aliphatic heterocycles. The van der Waals surface area contributed by atoms with E-state index in [1.807, 2.05) is 35.4 Å². The third-order valence-electron chi connectivity index (χ3n) is 8.09. The molecule has 11 heteroatoms. The topological polar surface area (TPSA) is 135 Å². The van der Waals surface area contributed by atoms with Crippen molar-refractivity contribution < 1.29 is 9.59 Å². The second kappa shape index (κ2) is 12.1. The standard InChI is InChI=1S/C32H35N9O2/c1-34-17-21-11-13-35-27(16-21)38-32(43)23-7-5-22(6-8-23)26-19-41(31-29(26)30(33)36-20-37-31)25-12-15-40(18-25)28(42)4-3-14-39(2)24-9-10-24/h3-8,11,13,16-17,19-20,24-25H,9-10,12,14-15,18H2,1-2H3,(H2,33,36,37)(H,35,38,43)/b4-3+,34-17?/t25-/m1/s1. The molecule has 1 saturated heterocycles. The van der Waals surface area contributed by atoms with Crippen LogP contribution in [0.5, 0.6) is 0 Å². The summed E-state index contributed by atoms with van der Waals surface area (Å²) in [5.41, 5.74) is 10.2. The van der Waals surface area contributed by atoms with E-state index >= 15 is 0 Å². The van der Waals surface area contributed by atoms with Crippen LogP contribution < -0.4 is 11.1 Å². The van der Waals surface area contributed by atoms with Gasteiger partial charge in [-0.05, 0) is 61.7 Å². The van der Waals surface area contributed by atoms with Gasteiger partial charge in [-0.2, -0.15) is 0 Å². The van der Waals surface area contributed by atoms with Gasteiger partial charge in [-0.3, -0.25) is 19.5 Å². The average Bonchev–Trinajstić information content (AvgIpc) is 3.62. The van der Waals surface area contributed by atoms with E-state index in [2.05, 4.69) is 41.8 Å². The number of aromatic nitrogens is 4. The Hall–Kier alpha value is -4.90. The molecule has 4 aromatic rings. The number of nitrogen functional groups attached to an aromatic ring is 1. The number of benzene rings is 1. The normalized spacial score (nSPS) is 17.1. The third kappa shape index (κ3) is 6.17. The molecule has 0 radical (unpaired) electrons. The van der Waals surface area contributed by atoms with Crippen molar-refractivity contribution in [3.05, 3.63) is 78.4 Å². The largest absolute Gasteiger partial charge is 0.383 e. The molecule has 2 fully saturated rings. The van der Waals surface area contributed by atoms with Crippen LogP contribution in [0.3, 0.4) is 0 Å². The van der Waals surface area contributed by atoms with Gasteiger partial charge in [0.25, 0.3) is 5.91 Å². The van der Waals surface area contributed by atoms with Crippen molar-refractivity contribution in [3.63, 3.8) is 0 Å². The molecule has 11 nitrogen and oxygen atoms in total. The van der Waals surface area contributed by atoms with Crippen LogP contribution in [0.15, 0.2) is 72.3 Å². The molecular weight excluding hydrogens is 542 g/mol. The zero-order valence-electron chi connectivity index (χ0n) is 24.3. The summed E-state index contributed by atoms with van der Waals surface area (Å²) in [6.45, 7) is 2.05. The lowest BCUT2D eigenvalue weighted by molar-refractivity contribution is -0.125. The fourth-order valence-electron chi connectivity index (χ4n) is 5.60. The minimum Gasteiger partial charge on any atom is -0.383 e. The van der Waals surface area contributed by atoms with Gasteiger partial charge in [0, 0.05) is 68.5 Å². The van der Waals surface area contributed by atoms with E-state index in [0.29, 0.717) is 36.3 Å². The fourth-order valence-corrected chi connectivity index (χ4v) is 5.60. The lowest BCUT2D eigenvalue weighted by atomic mass is 10.0. The van der Waals surface area contributed by atoms with E-state index in [1.54, 1.807) is 43.7 Å². The Balaban J connectivity index is 1.19. The predicted octanol–water partition coefficient (Wildman–Crippen LogP) is 3.80. The van der Waals surface area contributed by atoms with Crippen LogP contribution in [-0.4, -0.2) is 87.1 Å². The highest BCUT2D eigenvalue weighted by Gasteiger charge is 2.29. The summed E-state index contributed by atoms with van der Waals surface area (Å²) in [4.78, 5) is 47.1. The van der Waals surface area contributed by atoms with Crippen molar-refractivity contribution in [2.75, 3.05) is 44.8 Å². The summed E-state index contributed by atoms with van der Waals surface area (Å²) in [7, 11) is 3.79. The monoisotopic (exact) mass is 577 g/mol. The Labute approximate surface area is 250 Å². The molecule has 1 atom stereocenters. The summed E-state index contributed by atoms with van der Waals surface area (Å²) in [6, 6.07) is 11.6. The number of carbonyl (C=O) groups excluding carboxylic acids is 2. The number of nitrogens with one attached hydrogen (secondary N) is 1. The number of anilines is 2. The average molecular weight is 578 g/mol. The number of likely N-dealkylation sites (tertiary alicyclic amines) is 1. The maximum absolute atomic E-state index is 12.9. The van der Waals surface area contributed by atoms with Gasteiger partial charge < -0.3 is 20.5 Å². The number of nitrogens with two attached hydrogens (primary N) is 1. The molecule has 0 unspecified atom stereocenters. The number of fused-ring (bicyclic) bond motifs is 1. The first-order valence-electron chi connectivity index (χ1n) is 14.5. The molecule has 220 valence electrons. The quantitative estimate of drug-likeness (QED) is 0.228. The van der Waals surface area contributed by atoms with Crippen LogP contribution in [0.4, 0.5) is 11.6 Å². The van der Waals surface area contributed by atoms with E-state index < -0.39 is 0 Å². The highest BCUT2D eigenvalue weighted by Crippen LogP contribution is 2.36. The highest BCUT2D eigenvalue weighted by atomic mass is 16.2. The van der Waals surface area contributed by atoms with E-state index in [0.717, 1.165) is 40.7 Å². The molecule has 1 aliphatic carbocycles. The Morgan fingerprint density at radius 2 is 1.95 bits per heavy atom. The number of likely N-dealkylation sites (N-methyl/N-ethyl adjacent to an activating group) is 1. The van der Waals surface area contributed by atoms with Crippen molar-refractivity contribution >= 4 is 40.7 Å². The number of pyridine rings is 1. The van der Waals surface area contributed by atoms with Crippen molar-refractivity contribution in [1.29, 1.82) is 0 Å². The third-order valence-corrected chi connectivity index (χ3v) is 8.09. The second-order valence-electron chi connectivity index (χ2n) is 11.1. The molecule has 4 heterocycles. The second-order valence-corrected chi connectivity index (χ2v) is 11.1. The van der Waals surface area contributed by atoms with Gasteiger partial charge >= 0.3 is 0 Å². The SMILES string of the molecule is CN=Cc1ccnc(NC(=O)c2ccc(-c3cn([C@@H]4CCN(C(=O)/C=C/CN(C)C5CC5)C4)c4ncnc(N)c34)cc2)c1. The molecule has 6 rings (SSSR count). The van der Waals surface area contributed by atoms with E-state index in [4.69, 9.17) is 5.73 Å². The van der Waals surface area contributed by atoms with E-state index in [9.17, 15) is 9.59 Å². The molecule has 43 heavy (non-hydrogen) atoms. The van der Waals surface area contributed by atoms with Crippen LogP contribution in [0.1, 0.15) is 41.2 Å². The van der Waals surface area contributed by atoms with Crippen LogP contribution in [-0.2, 0) is 4.79 Å². The smallest absolute Gasteiger partial charge is 0.256 e. The number of nitrogens with zero attached hydrogens (tertiary/aromatic N) is 7. The minimum atomic E-state index is -0.265. The first-order chi connectivity index (χ1) is 20.9. The van der Waals surface area contributed by atoms with Crippen molar-refractivity contribution in [2.45, 2.75) is 31.3 Å². The zero-order chi connectivity index (χ0) is 29.9. The van der Waals surface area contributed by atoms with Crippen molar-refractivity contribution in [3.8, 4) is 11.1 Å². The van der Waals surface area contributed by atoms with Gasteiger partial charge in [0.1, 0.15) is 23.6 Å². The molecule has 3 aromatic heterocycles. The first kappa shape index (κ1) is 28.2. The maximum Gasteiger partial charge on any atom is 0.256 e. The molecule has 2 amide bonds. The molecule has 1 saturated carbocycles. The Kier molecular flexibility index (Phi) is 7.97. The number of carbonyl (C=O) groups is 2. The number of aliphatic imine (C=N–C) groups is 1. The molecule has 1 aromatic carbocycles. The zero-order valence-corrected chi connectivity index (χ0v) is 24.3. The minimum absolute atomic E-state index is 0.0341. The van der Waals surface area contributed by atoms with Crippen molar-refractivity contribution in [1.82, 2.24) is 29.3 Å². The summed E-state index contributed by atoms with van der Waals surface area (Å²) >= 11 is 0. The van der Waals surface area contributed by atoms with Gasteiger partial charge in [0.15, 0.2) is 0 Å². The molecule has 3 N–H and O–H groups in total. The lowest BCUT2D eigenvalue weighted by Gasteiger charge is -2.16. The lowest BCUT2D eigenvalue weighted by Crippen LogP contribution is -2.28. The predicted molar refractivity (Wildman–Crippen MR) is 168 cm³/mol. The maximum atomic E-state index is 12.9. The summed E-state index contributed by atoms with van der Waals surface area (Å²) in [6.07, 6.45) is 13.8. The van der Waals surface area contributed by atoms with Gasteiger partial charge in [-0.15, -0.1) is 0 Å². The Bertz CT molecular complexity index is 1710. The van der Waals surface area contributed by atoms with Gasteiger partial charge in [-0.25, -0.2) is 15.0 Å². The highest BCUT2D eigenvalue weighted by molar-refractivity contribution is 6.05. The number of hydrogen-bond donors (Lipinski definition) is 2. The van der Waals surface area contributed by atoms with Crippen LogP contribution >= 0.6 is 0 Å². The van der Waals surface area contributed by atoms with E-state index in [-0.39, 0.29) is 17.9 Å². The molecular formula is C32H35N9O2. The van der Waals surface area contributed by atoms with Crippen molar-refractivity contribution in [2.24, 2.45) is 4.99 Å². The Morgan fingerprint density at radius 3 is 2.72 bits per heavy atom. The number of rotatable bonds is 9. The van der Waals surface area contributed by atoms with Crippen LogP contribution in [0, 0.1) is 0 Å². The van der Waals surface area contributed by atoms with Gasteiger partial charge in [-0.1, -0.05) is 18.2 Å². The Morgan fingerprint density at radius 1 is 1.14 bits per heavy atom. The van der Waals surface area contributed by atoms with Crippen LogP contribution in [0.25, 0.3) is 22.2 Å². The van der Waals surface area contributed by atoms with Gasteiger partial charge in [0.2, 0.25) is 5.91 Å².